The number of pyridine rings is 1. The number of ether oxygens (including phenoxy) is 1. The summed E-state index contributed by atoms with van der Waals surface area (Å²) in [7, 11) is 0. The predicted octanol–water partition coefficient (Wildman–Crippen LogP) is 2.42. The summed E-state index contributed by atoms with van der Waals surface area (Å²) in [5, 5.41) is 3.11. The topological polar surface area (TPSA) is 74.8 Å². The molecule has 3 rings (SSSR count). The van der Waals surface area contributed by atoms with Crippen LogP contribution in [0, 0.1) is 0 Å². The molecule has 0 atom stereocenters. The molecule has 1 aliphatic heterocycles. The van der Waals surface area contributed by atoms with Crippen molar-refractivity contribution in [3.05, 3.63) is 24.0 Å². The lowest BCUT2D eigenvalue weighted by atomic mass is 9.95. The van der Waals surface area contributed by atoms with E-state index in [4.69, 9.17) is 4.74 Å². The maximum Gasteiger partial charge on any atom is 0.409 e. The van der Waals surface area contributed by atoms with Crippen LogP contribution < -0.4 is 10.2 Å². The van der Waals surface area contributed by atoms with Gasteiger partial charge in [0.15, 0.2) is 0 Å². The van der Waals surface area contributed by atoms with E-state index in [1.54, 1.807) is 11.1 Å². The molecule has 0 radical (unpaired) electrons. The van der Waals surface area contributed by atoms with Gasteiger partial charge in [-0.05, 0) is 31.9 Å². The second kappa shape index (κ2) is 8.87. The quantitative estimate of drug-likeness (QED) is 0.892. The Bertz CT molecular complexity index is 623. The largest absolute Gasteiger partial charge is 0.450 e. The highest BCUT2D eigenvalue weighted by Gasteiger charge is 2.23. The second-order valence-electron chi connectivity index (χ2n) is 6.88. The first-order valence-electron chi connectivity index (χ1n) is 9.61. The first-order valence-corrected chi connectivity index (χ1v) is 9.61. The Morgan fingerprint density at radius 2 is 1.92 bits per heavy atom. The number of nitrogens with zero attached hydrogens (tertiary/aromatic N) is 3. The molecule has 142 valence electrons. The molecule has 2 amide bonds. The van der Waals surface area contributed by atoms with Crippen molar-refractivity contribution in [2.24, 2.45) is 0 Å². The van der Waals surface area contributed by atoms with E-state index < -0.39 is 0 Å². The minimum absolute atomic E-state index is 0.0936. The normalized spacial score (nSPS) is 18.5. The Kier molecular flexibility index (Phi) is 6.30. The molecule has 2 aliphatic rings. The first kappa shape index (κ1) is 18.5. The van der Waals surface area contributed by atoms with E-state index in [0.29, 0.717) is 38.5 Å². The summed E-state index contributed by atoms with van der Waals surface area (Å²) in [5.41, 5.74) is 1.43. The van der Waals surface area contributed by atoms with Crippen LogP contribution in [0.15, 0.2) is 18.3 Å². The smallest absolute Gasteiger partial charge is 0.409 e. The van der Waals surface area contributed by atoms with E-state index in [1.165, 1.54) is 19.3 Å². The highest BCUT2D eigenvalue weighted by Crippen LogP contribution is 2.20. The maximum atomic E-state index is 12.5. The van der Waals surface area contributed by atoms with Gasteiger partial charge in [0.1, 0.15) is 5.69 Å². The third kappa shape index (κ3) is 4.65. The number of rotatable bonds is 4. The molecule has 7 nitrogen and oxygen atoms in total. The zero-order valence-electron chi connectivity index (χ0n) is 15.4. The van der Waals surface area contributed by atoms with Crippen molar-refractivity contribution in [2.45, 2.75) is 45.1 Å². The lowest BCUT2D eigenvalue weighted by molar-refractivity contribution is 0.0922. The van der Waals surface area contributed by atoms with Gasteiger partial charge in [0.2, 0.25) is 0 Å². The lowest BCUT2D eigenvalue weighted by Crippen LogP contribution is -2.49. The monoisotopic (exact) mass is 360 g/mol. The molecule has 26 heavy (non-hydrogen) atoms. The van der Waals surface area contributed by atoms with Crippen LogP contribution in [-0.4, -0.2) is 60.7 Å². The summed E-state index contributed by atoms with van der Waals surface area (Å²) in [6, 6.07) is 4.03. The van der Waals surface area contributed by atoms with Crippen molar-refractivity contribution in [3.8, 4) is 0 Å². The summed E-state index contributed by atoms with van der Waals surface area (Å²) in [6.07, 6.45) is 7.17. The van der Waals surface area contributed by atoms with E-state index in [2.05, 4.69) is 15.2 Å². The predicted molar refractivity (Wildman–Crippen MR) is 99.4 cm³/mol. The van der Waals surface area contributed by atoms with Crippen LogP contribution in [0.3, 0.4) is 0 Å². The molecule has 1 aliphatic carbocycles. The van der Waals surface area contributed by atoms with Crippen LogP contribution in [-0.2, 0) is 4.74 Å². The average Bonchev–Trinajstić information content (AvgIpc) is 2.69. The highest BCUT2D eigenvalue weighted by molar-refractivity contribution is 5.93. The fourth-order valence-electron chi connectivity index (χ4n) is 3.61. The maximum absolute atomic E-state index is 12.5. The summed E-state index contributed by atoms with van der Waals surface area (Å²) in [6.45, 7) is 4.86. The molecule has 7 heteroatoms. The second-order valence-corrected chi connectivity index (χ2v) is 6.88. The fraction of sp³-hybridized carbons (Fsp3) is 0.632. The summed E-state index contributed by atoms with van der Waals surface area (Å²) < 4.78 is 5.05. The van der Waals surface area contributed by atoms with Gasteiger partial charge in [-0.15, -0.1) is 0 Å². The van der Waals surface area contributed by atoms with Gasteiger partial charge >= 0.3 is 6.09 Å². The van der Waals surface area contributed by atoms with Crippen LogP contribution >= 0.6 is 0 Å². The van der Waals surface area contributed by atoms with E-state index in [1.807, 2.05) is 19.1 Å². The van der Waals surface area contributed by atoms with E-state index >= 15 is 0 Å². The molecule has 1 aromatic heterocycles. The van der Waals surface area contributed by atoms with Crippen molar-refractivity contribution in [1.82, 2.24) is 15.2 Å². The third-order valence-corrected chi connectivity index (χ3v) is 5.09. The van der Waals surface area contributed by atoms with Gasteiger partial charge < -0.3 is 19.9 Å². The first-order chi connectivity index (χ1) is 12.7. The Hall–Kier alpha value is -2.31. The molecule has 0 spiro atoms. The number of nitrogens with one attached hydrogen (secondary N) is 1. The van der Waals surface area contributed by atoms with Crippen LogP contribution in [0.5, 0.6) is 0 Å². The summed E-state index contributed by atoms with van der Waals surface area (Å²) >= 11 is 0. The molecule has 0 aromatic carbocycles. The lowest BCUT2D eigenvalue weighted by Gasteiger charge is -2.35. The Labute approximate surface area is 154 Å². The number of piperazine rings is 1. The SMILES string of the molecule is CCOC(=O)N1CCN(c2ccnc(C(=O)NC3CCCCC3)c2)CC1. The van der Waals surface area contributed by atoms with Crippen LogP contribution in [0.4, 0.5) is 10.5 Å². The zero-order valence-corrected chi connectivity index (χ0v) is 15.4. The van der Waals surface area contributed by atoms with Crippen LogP contribution in [0.25, 0.3) is 0 Å². The van der Waals surface area contributed by atoms with E-state index in [0.717, 1.165) is 18.5 Å². The highest BCUT2D eigenvalue weighted by atomic mass is 16.6. The summed E-state index contributed by atoms with van der Waals surface area (Å²) in [4.78, 5) is 32.4. The van der Waals surface area contributed by atoms with Gasteiger partial charge in [-0.3, -0.25) is 9.78 Å². The molecule has 0 bridgehead atoms. The number of hydrogen-bond acceptors (Lipinski definition) is 5. The number of carbonyl (C=O) groups is 2. The molecule has 0 unspecified atom stereocenters. The summed E-state index contributed by atoms with van der Waals surface area (Å²) in [5.74, 6) is -0.0936. The van der Waals surface area contributed by atoms with Crippen molar-refractivity contribution in [1.29, 1.82) is 0 Å². The molecule has 2 fully saturated rings. The van der Waals surface area contributed by atoms with Gasteiger partial charge in [0.25, 0.3) is 5.91 Å². The minimum atomic E-state index is -0.255. The van der Waals surface area contributed by atoms with Gasteiger partial charge in [0, 0.05) is 44.1 Å². The van der Waals surface area contributed by atoms with Gasteiger partial charge in [-0.1, -0.05) is 19.3 Å². The van der Waals surface area contributed by atoms with Gasteiger partial charge in [-0.2, -0.15) is 0 Å². The molecule has 1 saturated carbocycles. The van der Waals surface area contributed by atoms with E-state index in [9.17, 15) is 9.59 Å². The number of hydrogen-bond donors (Lipinski definition) is 1. The molecule has 1 saturated heterocycles. The molecule has 1 N–H and O–H groups in total. The van der Waals surface area contributed by atoms with Crippen LogP contribution in [0.1, 0.15) is 49.5 Å². The average molecular weight is 360 g/mol. The molecular formula is C19H28N4O3. The van der Waals surface area contributed by atoms with Crippen molar-refractivity contribution in [2.75, 3.05) is 37.7 Å². The van der Waals surface area contributed by atoms with Crippen molar-refractivity contribution < 1.29 is 14.3 Å². The fourth-order valence-corrected chi connectivity index (χ4v) is 3.61. The number of anilines is 1. The minimum Gasteiger partial charge on any atom is -0.450 e. The van der Waals surface area contributed by atoms with E-state index in [-0.39, 0.29) is 18.0 Å². The Balaban J connectivity index is 1.57. The number of amides is 2. The van der Waals surface area contributed by atoms with Crippen molar-refractivity contribution in [3.63, 3.8) is 0 Å². The number of aromatic nitrogens is 1. The van der Waals surface area contributed by atoms with Gasteiger partial charge in [0.05, 0.1) is 6.61 Å². The molecule has 1 aromatic rings. The Morgan fingerprint density at radius 3 is 2.62 bits per heavy atom. The number of carbonyl (C=O) groups excluding carboxylic acids is 2. The van der Waals surface area contributed by atoms with Crippen LogP contribution in [0.2, 0.25) is 0 Å². The zero-order chi connectivity index (χ0) is 18.4. The van der Waals surface area contributed by atoms with Crippen molar-refractivity contribution >= 4 is 17.7 Å². The van der Waals surface area contributed by atoms with Gasteiger partial charge in [-0.25, -0.2) is 4.79 Å². The molecular weight excluding hydrogens is 332 g/mol. The standard InChI is InChI=1S/C19H28N4O3/c1-2-26-19(25)23-12-10-22(11-13-23)16-8-9-20-17(14-16)18(24)21-15-6-4-3-5-7-15/h8-9,14-15H,2-7,10-13H2,1H3,(H,21,24). The Morgan fingerprint density at radius 1 is 1.19 bits per heavy atom. The third-order valence-electron chi connectivity index (χ3n) is 5.09. The molecule has 2 heterocycles.